The largest absolute Gasteiger partial charge is 0.440 e. The van der Waals surface area contributed by atoms with Gasteiger partial charge in [-0.3, -0.25) is 9.69 Å². The fourth-order valence-corrected chi connectivity index (χ4v) is 4.40. The molecule has 1 atom stereocenters. The highest BCUT2D eigenvalue weighted by atomic mass is 19.4. The van der Waals surface area contributed by atoms with Crippen molar-refractivity contribution in [3.05, 3.63) is 0 Å². The third kappa shape index (κ3) is 4.07. The van der Waals surface area contributed by atoms with Crippen molar-refractivity contribution in [2.45, 2.75) is 57.3 Å². The second kappa shape index (κ2) is 7.25. The van der Waals surface area contributed by atoms with E-state index in [1.54, 1.807) is 4.90 Å². The number of amides is 2. The van der Waals surface area contributed by atoms with Gasteiger partial charge < -0.3 is 14.4 Å². The number of carbonyl (C=O) groups excluding carboxylic acids is 2. The number of carbonyl (C=O) groups is 2. The molecule has 148 valence electrons. The molecule has 2 saturated heterocycles. The average molecular weight is 378 g/mol. The minimum absolute atomic E-state index is 0.107. The zero-order valence-corrected chi connectivity index (χ0v) is 14.9. The Labute approximate surface area is 150 Å². The van der Waals surface area contributed by atoms with Crippen LogP contribution in [0.5, 0.6) is 0 Å². The van der Waals surface area contributed by atoms with Crippen molar-refractivity contribution in [3.63, 3.8) is 0 Å². The Kier molecular flexibility index (Phi) is 5.37. The van der Waals surface area contributed by atoms with E-state index in [1.165, 1.54) is 0 Å². The van der Waals surface area contributed by atoms with Gasteiger partial charge in [-0.1, -0.05) is 0 Å². The molecule has 0 radical (unpaired) electrons. The molecule has 0 bridgehead atoms. The quantitative estimate of drug-likeness (QED) is 0.755. The third-order valence-corrected chi connectivity index (χ3v) is 5.61. The van der Waals surface area contributed by atoms with Crippen molar-refractivity contribution >= 4 is 12.0 Å². The number of likely N-dealkylation sites (tertiary alicyclic amines) is 2. The number of nitrogens with zero attached hydrogens (tertiary/aromatic N) is 2. The minimum atomic E-state index is -4.57. The van der Waals surface area contributed by atoms with Gasteiger partial charge in [0.1, 0.15) is 6.04 Å². The van der Waals surface area contributed by atoms with Crippen LogP contribution in [0, 0.1) is 5.41 Å². The number of hydrogen-bond acceptors (Lipinski definition) is 4. The zero-order chi connectivity index (χ0) is 18.9. The summed E-state index contributed by atoms with van der Waals surface area (Å²) >= 11 is 0. The van der Waals surface area contributed by atoms with Gasteiger partial charge >= 0.3 is 12.3 Å². The lowest BCUT2D eigenvalue weighted by atomic mass is 9.66. The first-order valence-corrected chi connectivity index (χ1v) is 9.13. The van der Waals surface area contributed by atoms with Crippen molar-refractivity contribution in [1.29, 1.82) is 0 Å². The van der Waals surface area contributed by atoms with E-state index in [0.29, 0.717) is 32.5 Å². The second-order valence-electron chi connectivity index (χ2n) is 7.52. The molecule has 1 spiro atoms. The topological polar surface area (TPSA) is 59.1 Å². The van der Waals surface area contributed by atoms with Gasteiger partial charge in [-0.25, -0.2) is 4.79 Å². The van der Waals surface area contributed by atoms with Crippen LogP contribution in [0.1, 0.15) is 39.0 Å². The summed E-state index contributed by atoms with van der Waals surface area (Å²) in [6.07, 6.45) is -1.54. The molecule has 1 aliphatic carbocycles. The summed E-state index contributed by atoms with van der Waals surface area (Å²) in [4.78, 5) is 27.7. The predicted octanol–water partition coefficient (Wildman–Crippen LogP) is 2.57. The molecule has 2 heterocycles. The first kappa shape index (κ1) is 19.3. The number of rotatable bonds is 4. The van der Waals surface area contributed by atoms with Crippen LogP contribution in [0.4, 0.5) is 18.0 Å². The van der Waals surface area contributed by atoms with Gasteiger partial charge in [-0.2, -0.15) is 13.2 Å². The predicted molar refractivity (Wildman–Crippen MR) is 85.4 cm³/mol. The fraction of sp³-hybridized carbons (Fsp3) is 0.882. The normalized spacial score (nSPS) is 31.4. The number of alkyl halides is 3. The molecule has 26 heavy (non-hydrogen) atoms. The van der Waals surface area contributed by atoms with Gasteiger partial charge in [0.2, 0.25) is 5.91 Å². The van der Waals surface area contributed by atoms with Crippen LogP contribution >= 0.6 is 0 Å². The number of halogens is 3. The monoisotopic (exact) mass is 378 g/mol. The molecule has 0 N–H and O–H groups in total. The van der Waals surface area contributed by atoms with Crippen LogP contribution in [-0.2, 0) is 14.3 Å². The molecular formula is C17H25F3N2O4. The van der Waals surface area contributed by atoms with E-state index in [2.05, 4.69) is 4.74 Å². The molecule has 3 fully saturated rings. The van der Waals surface area contributed by atoms with Crippen molar-refractivity contribution in [2.75, 3.05) is 32.8 Å². The molecule has 2 amide bonds. The van der Waals surface area contributed by atoms with Gasteiger partial charge in [-0.05, 0) is 44.4 Å². The highest BCUT2D eigenvalue weighted by Crippen LogP contribution is 2.49. The summed E-state index contributed by atoms with van der Waals surface area (Å²) in [7, 11) is 0. The lowest BCUT2D eigenvalue weighted by molar-refractivity contribution is -0.163. The van der Waals surface area contributed by atoms with Crippen LogP contribution in [0.3, 0.4) is 0 Å². The van der Waals surface area contributed by atoms with E-state index < -0.39 is 24.9 Å². The standard InChI is InChI=1S/C17H25F3N2O4/c1-2-25-12-8-16(9-12)5-7-21(10-16)14(23)13-4-3-6-22(13)15(24)26-11-17(18,19)20/h12-13H,2-11H2,1H3. The van der Waals surface area contributed by atoms with Gasteiger partial charge in [0.15, 0.2) is 6.61 Å². The maximum Gasteiger partial charge on any atom is 0.422 e. The average Bonchev–Trinajstić information content (AvgIpc) is 3.18. The van der Waals surface area contributed by atoms with Gasteiger partial charge in [0.05, 0.1) is 6.10 Å². The molecule has 1 saturated carbocycles. The van der Waals surface area contributed by atoms with Crippen LogP contribution in [0.2, 0.25) is 0 Å². The van der Waals surface area contributed by atoms with Crippen LogP contribution in [-0.4, -0.2) is 73.0 Å². The lowest BCUT2D eigenvalue weighted by Gasteiger charge is -2.44. The Bertz CT molecular complexity index is 549. The Morgan fingerprint density at radius 1 is 1.23 bits per heavy atom. The smallest absolute Gasteiger partial charge is 0.422 e. The molecule has 3 rings (SSSR count). The minimum Gasteiger partial charge on any atom is -0.440 e. The van der Waals surface area contributed by atoms with E-state index in [4.69, 9.17) is 4.74 Å². The molecule has 0 aromatic heterocycles. The first-order chi connectivity index (χ1) is 12.2. The van der Waals surface area contributed by atoms with Crippen LogP contribution in [0.25, 0.3) is 0 Å². The summed E-state index contributed by atoms with van der Waals surface area (Å²) in [5, 5.41) is 0. The second-order valence-corrected chi connectivity index (χ2v) is 7.52. The Morgan fingerprint density at radius 3 is 2.62 bits per heavy atom. The maximum absolute atomic E-state index is 12.8. The highest BCUT2D eigenvalue weighted by Gasteiger charge is 2.51. The fourth-order valence-electron chi connectivity index (χ4n) is 4.40. The zero-order valence-electron chi connectivity index (χ0n) is 14.9. The number of ether oxygens (including phenoxy) is 2. The van der Waals surface area contributed by atoms with Crippen molar-refractivity contribution in [2.24, 2.45) is 5.41 Å². The van der Waals surface area contributed by atoms with E-state index in [-0.39, 0.29) is 24.0 Å². The van der Waals surface area contributed by atoms with E-state index in [1.807, 2.05) is 6.92 Å². The van der Waals surface area contributed by atoms with Crippen molar-refractivity contribution in [1.82, 2.24) is 9.80 Å². The van der Waals surface area contributed by atoms with Gasteiger partial charge in [0, 0.05) is 26.2 Å². The SMILES string of the molecule is CCOC1CC2(CCN(C(=O)C3CCCN3C(=O)OCC(F)(F)F)C2)C1. The van der Waals surface area contributed by atoms with Crippen LogP contribution in [0.15, 0.2) is 0 Å². The molecule has 9 heteroatoms. The Balaban J connectivity index is 1.53. The van der Waals surface area contributed by atoms with Crippen molar-refractivity contribution < 1.29 is 32.2 Å². The van der Waals surface area contributed by atoms with Gasteiger partial charge in [-0.15, -0.1) is 0 Å². The summed E-state index contributed by atoms with van der Waals surface area (Å²) in [5.41, 5.74) is 0.107. The Hall–Kier alpha value is -1.51. The summed E-state index contributed by atoms with van der Waals surface area (Å²) in [6.45, 7) is 2.52. The molecular weight excluding hydrogens is 353 g/mol. The first-order valence-electron chi connectivity index (χ1n) is 9.13. The molecule has 6 nitrogen and oxygen atoms in total. The summed E-state index contributed by atoms with van der Waals surface area (Å²) in [5.74, 6) is -0.178. The van der Waals surface area contributed by atoms with E-state index in [9.17, 15) is 22.8 Å². The van der Waals surface area contributed by atoms with Crippen molar-refractivity contribution in [3.8, 4) is 0 Å². The van der Waals surface area contributed by atoms with E-state index >= 15 is 0 Å². The molecule has 3 aliphatic rings. The maximum atomic E-state index is 12.8. The Morgan fingerprint density at radius 2 is 1.96 bits per heavy atom. The molecule has 0 aromatic carbocycles. The number of hydrogen-bond donors (Lipinski definition) is 0. The highest BCUT2D eigenvalue weighted by molar-refractivity contribution is 5.86. The third-order valence-electron chi connectivity index (χ3n) is 5.61. The molecule has 0 aromatic rings. The molecule has 1 unspecified atom stereocenters. The molecule has 2 aliphatic heterocycles. The summed E-state index contributed by atoms with van der Waals surface area (Å²) in [6, 6.07) is -0.714. The van der Waals surface area contributed by atoms with Crippen LogP contribution < -0.4 is 0 Å². The van der Waals surface area contributed by atoms with Gasteiger partial charge in [0.25, 0.3) is 0 Å². The van der Waals surface area contributed by atoms with E-state index in [0.717, 1.165) is 24.2 Å². The summed E-state index contributed by atoms with van der Waals surface area (Å²) < 4.78 is 46.6. The lowest BCUT2D eigenvalue weighted by Crippen LogP contribution is -2.50.